The van der Waals surface area contributed by atoms with E-state index < -0.39 is 0 Å². The Morgan fingerprint density at radius 2 is 1.69 bits per heavy atom. The predicted molar refractivity (Wildman–Crippen MR) is 116 cm³/mol. The molecule has 156 valence electrons. The van der Waals surface area contributed by atoms with Gasteiger partial charge in [-0.05, 0) is 63.6 Å². The third-order valence-electron chi connectivity index (χ3n) is 4.88. The number of aryl methyl sites for hydroxylation is 2. The van der Waals surface area contributed by atoms with Gasteiger partial charge < -0.3 is 15.4 Å². The maximum atomic E-state index is 12.5. The van der Waals surface area contributed by atoms with Crippen molar-refractivity contribution in [3.05, 3.63) is 59.2 Å². The molecule has 0 radical (unpaired) electrons. The Labute approximate surface area is 173 Å². The first-order chi connectivity index (χ1) is 13.8. The number of anilines is 1. The lowest BCUT2D eigenvalue weighted by molar-refractivity contribution is -0.127. The van der Waals surface area contributed by atoms with Gasteiger partial charge in [0.2, 0.25) is 11.8 Å². The molecule has 0 saturated heterocycles. The Bertz CT molecular complexity index is 814. The van der Waals surface area contributed by atoms with Gasteiger partial charge in [0.25, 0.3) is 0 Å². The van der Waals surface area contributed by atoms with Crippen LogP contribution in [0.25, 0.3) is 0 Å². The average Bonchev–Trinajstić information content (AvgIpc) is 2.70. The number of hydrogen-bond donors (Lipinski definition) is 2. The summed E-state index contributed by atoms with van der Waals surface area (Å²) in [5.41, 5.74) is 3.87. The van der Waals surface area contributed by atoms with Crippen LogP contribution in [0.15, 0.2) is 42.5 Å². The number of nitrogens with one attached hydrogen (secondary N) is 2. The maximum absolute atomic E-state index is 12.5. The molecular formula is C23H31N3O3. The van der Waals surface area contributed by atoms with E-state index in [9.17, 15) is 9.59 Å². The number of rotatable bonds is 9. The van der Waals surface area contributed by atoms with Crippen molar-refractivity contribution in [3.8, 4) is 5.75 Å². The summed E-state index contributed by atoms with van der Waals surface area (Å²) in [6, 6.07) is 13.3. The van der Waals surface area contributed by atoms with Crippen molar-refractivity contribution < 1.29 is 14.3 Å². The topological polar surface area (TPSA) is 70.7 Å². The molecule has 2 amide bonds. The van der Waals surface area contributed by atoms with Crippen molar-refractivity contribution in [2.24, 2.45) is 0 Å². The summed E-state index contributed by atoms with van der Waals surface area (Å²) in [6.07, 6.45) is 0. The molecule has 0 aromatic heterocycles. The van der Waals surface area contributed by atoms with E-state index in [1.807, 2.05) is 82.1 Å². The number of ether oxygens (including phenoxy) is 1. The first-order valence-corrected chi connectivity index (χ1v) is 9.87. The van der Waals surface area contributed by atoms with Crippen molar-refractivity contribution in [1.82, 2.24) is 10.2 Å². The lowest BCUT2D eigenvalue weighted by Gasteiger charge is -2.24. The van der Waals surface area contributed by atoms with Crippen molar-refractivity contribution in [3.63, 3.8) is 0 Å². The minimum atomic E-state index is -0.366. The number of para-hydroxylation sites is 1. The Kier molecular flexibility index (Phi) is 8.21. The van der Waals surface area contributed by atoms with Crippen LogP contribution in [0.5, 0.6) is 5.75 Å². The lowest BCUT2D eigenvalue weighted by Crippen LogP contribution is -2.45. The van der Waals surface area contributed by atoms with Crippen LogP contribution < -0.4 is 15.4 Å². The summed E-state index contributed by atoms with van der Waals surface area (Å²) >= 11 is 0. The Morgan fingerprint density at radius 1 is 1.07 bits per heavy atom. The van der Waals surface area contributed by atoms with E-state index in [1.54, 1.807) is 0 Å². The standard InChI is InChI=1S/C23H31N3O3/c1-6-29-20-12-10-19(11-13-20)15-26(5)18(4)23(28)24-14-21(27)25-22-16(2)8-7-9-17(22)3/h7-13,18H,6,14-15H2,1-5H3,(H,24,28)(H,25,27)/t18-/m0/s1. The van der Waals surface area contributed by atoms with Crippen LogP contribution in [0.3, 0.4) is 0 Å². The normalized spacial score (nSPS) is 11.8. The number of carbonyl (C=O) groups is 2. The van der Waals surface area contributed by atoms with Gasteiger partial charge in [0.05, 0.1) is 19.2 Å². The summed E-state index contributed by atoms with van der Waals surface area (Å²) < 4.78 is 5.45. The van der Waals surface area contributed by atoms with Gasteiger partial charge in [-0.2, -0.15) is 0 Å². The van der Waals surface area contributed by atoms with Gasteiger partial charge in [-0.15, -0.1) is 0 Å². The molecule has 0 aliphatic rings. The molecule has 2 N–H and O–H groups in total. The van der Waals surface area contributed by atoms with Gasteiger partial charge in [-0.1, -0.05) is 30.3 Å². The van der Waals surface area contributed by atoms with Gasteiger partial charge in [0, 0.05) is 12.2 Å². The fraction of sp³-hybridized carbons (Fsp3) is 0.391. The second-order valence-corrected chi connectivity index (χ2v) is 7.20. The van der Waals surface area contributed by atoms with Gasteiger partial charge in [0.15, 0.2) is 0 Å². The van der Waals surface area contributed by atoms with Crippen LogP contribution in [0.4, 0.5) is 5.69 Å². The summed E-state index contributed by atoms with van der Waals surface area (Å²) in [7, 11) is 1.89. The third-order valence-corrected chi connectivity index (χ3v) is 4.88. The molecular weight excluding hydrogens is 366 g/mol. The highest BCUT2D eigenvalue weighted by Crippen LogP contribution is 2.19. The van der Waals surface area contributed by atoms with E-state index in [1.165, 1.54) is 0 Å². The molecule has 0 heterocycles. The molecule has 29 heavy (non-hydrogen) atoms. The van der Waals surface area contributed by atoms with E-state index in [4.69, 9.17) is 4.74 Å². The van der Waals surface area contributed by atoms with Crippen LogP contribution >= 0.6 is 0 Å². The summed E-state index contributed by atoms with van der Waals surface area (Å²) in [6.45, 7) is 8.85. The smallest absolute Gasteiger partial charge is 0.243 e. The van der Waals surface area contributed by atoms with Crippen LogP contribution in [0, 0.1) is 13.8 Å². The second-order valence-electron chi connectivity index (χ2n) is 7.20. The van der Waals surface area contributed by atoms with Crippen LogP contribution in [0.2, 0.25) is 0 Å². The van der Waals surface area contributed by atoms with Crippen molar-refractivity contribution in [2.75, 3.05) is 25.5 Å². The summed E-state index contributed by atoms with van der Waals surface area (Å²) in [5, 5.41) is 5.60. The van der Waals surface area contributed by atoms with Crippen LogP contribution in [-0.4, -0.2) is 43.0 Å². The molecule has 6 nitrogen and oxygen atoms in total. The van der Waals surface area contributed by atoms with Gasteiger partial charge >= 0.3 is 0 Å². The Morgan fingerprint density at radius 3 is 2.28 bits per heavy atom. The highest BCUT2D eigenvalue weighted by Gasteiger charge is 2.19. The number of likely N-dealkylation sites (N-methyl/N-ethyl adjacent to an activating group) is 1. The number of nitrogens with zero attached hydrogens (tertiary/aromatic N) is 1. The molecule has 2 aromatic rings. The minimum absolute atomic E-state index is 0.0617. The van der Waals surface area contributed by atoms with Crippen molar-refractivity contribution in [2.45, 2.75) is 40.3 Å². The van der Waals surface area contributed by atoms with Gasteiger partial charge in [-0.3, -0.25) is 14.5 Å². The highest BCUT2D eigenvalue weighted by molar-refractivity contribution is 5.96. The molecule has 0 aliphatic carbocycles. The van der Waals surface area contributed by atoms with E-state index in [-0.39, 0.29) is 24.4 Å². The SMILES string of the molecule is CCOc1ccc(CN(C)[C@@H](C)C(=O)NCC(=O)Nc2c(C)cccc2C)cc1. The lowest BCUT2D eigenvalue weighted by atomic mass is 10.1. The Balaban J connectivity index is 1.83. The summed E-state index contributed by atoms with van der Waals surface area (Å²) in [4.78, 5) is 26.6. The fourth-order valence-corrected chi connectivity index (χ4v) is 2.99. The third kappa shape index (κ3) is 6.61. The summed E-state index contributed by atoms with van der Waals surface area (Å²) in [5.74, 6) is 0.409. The molecule has 1 atom stereocenters. The number of amides is 2. The molecule has 2 aromatic carbocycles. The zero-order valence-corrected chi connectivity index (χ0v) is 17.9. The molecule has 6 heteroatoms. The maximum Gasteiger partial charge on any atom is 0.243 e. The zero-order valence-electron chi connectivity index (χ0n) is 17.9. The molecule has 2 rings (SSSR count). The monoisotopic (exact) mass is 397 g/mol. The highest BCUT2D eigenvalue weighted by atomic mass is 16.5. The van der Waals surface area contributed by atoms with E-state index in [0.29, 0.717) is 13.2 Å². The van der Waals surface area contributed by atoms with Gasteiger partial charge in [-0.25, -0.2) is 0 Å². The number of benzene rings is 2. The molecule has 0 spiro atoms. The van der Waals surface area contributed by atoms with Crippen LogP contribution in [0.1, 0.15) is 30.5 Å². The largest absolute Gasteiger partial charge is 0.494 e. The minimum Gasteiger partial charge on any atom is -0.494 e. The molecule has 0 saturated carbocycles. The number of carbonyl (C=O) groups excluding carboxylic acids is 2. The van der Waals surface area contributed by atoms with E-state index in [2.05, 4.69) is 10.6 Å². The first kappa shape index (κ1) is 22.4. The average molecular weight is 398 g/mol. The van der Waals surface area contributed by atoms with E-state index in [0.717, 1.165) is 28.1 Å². The van der Waals surface area contributed by atoms with Crippen LogP contribution in [-0.2, 0) is 16.1 Å². The van der Waals surface area contributed by atoms with E-state index >= 15 is 0 Å². The quantitative estimate of drug-likeness (QED) is 0.681. The molecule has 0 unspecified atom stereocenters. The zero-order chi connectivity index (χ0) is 21.4. The molecule has 0 bridgehead atoms. The molecule has 0 fully saturated rings. The van der Waals surface area contributed by atoms with Crippen molar-refractivity contribution >= 4 is 17.5 Å². The fourth-order valence-electron chi connectivity index (χ4n) is 2.99. The van der Waals surface area contributed by atoms with Crippen molar-refractivity contribution in [1.29, 1.82) is 0 Å². The Hall–Kier alpha value is -2.86. The predicted octanol–water partition coefficient (Wildman–Crippen LogP) is 3.28. The number of hydrogen-bond acceptors (Lipinski definition) is 4. The first-order valence-electron chi connectivity index (χ1n) is 9.87. The van der Waals surface area contributed by atoms with Gasteiger partial charge in [0.1, 0.15) is 5.75 Å². The second kappa shape index (κ2) is 10.6. The molecule has 0 aliphatic heterocycles.